The molecule has 0 radical (unpaired) electrons. The third-order valence-corrected chi connectivity index (χ3v) is 2.69. The van der Waals surface area contributed by atoms with Gasteiger partial charge in [-0.1, -0.05) is 17.7 Å². The number of carbonyl (C=O) groups is 2. The Morgan fingerprint density at radius 2 is 2.10 bits per heavy atom. The zero-order chi connectivity index (χ0) is 15.2. The maximum Gasteiger partial charge on any atom is 0.257 e. The predicted molar refractivity (Wildman–Crippen MR) is 78.3 cm³/mol. The number of hydrogen-bond donors (Lipinski definition) is 2. The lowest BCUT2D eigenvalue weighted by Crippen LogP contribution is -2.20. The number of pyridine rings is 1. The molecule has 7 heteroatoms. The lowest BCUT2D eigenvalue weighted by Gasteiger charge is -2.08. The highest BCUT2D eigenvalue weighted by Gasteiger charge is 2.07. The fourth-order valence-electron chi connectivity index (χ4n) is 1.53. The van der Waals surface area contributed by atoms with Crippen molar-refractivity contribution < 1.29 is 14.3 Å². The fraction of sp³-hybridized carbons (Fsp3) is 0.0714. The van der Waals surface area contributed by atoms with Gasteiger partial charge in [-0.2, -0.15) is 0 Å². The third-order valence-electron chi connectivity index (χ3n) is 2.46. The van der Waals surface area contributed by atoms with Gasteiger partial charge in [0.05, 0.1) is 5.56 Å². The monoisotopic (exact) mass is 305 g/mol. The minimum Gasteiger partial charge on any atom is -0.484 e. The summed E-state index contributed by atoms with van der Waals surface area (Å²) >= 11 is 5.66. The van der Waals surface area contributed by atoms with Gasteiger partial charge in [-0.15, -0.1) is 0 Å². The molecule has 0 aliphatic heterocycles. The third kappa shape index (κ3) is 4.47. The van der Waals surface area contributed by atoms with Gasteiger partial charge >= 0.3 is 0 Å². The lowest BCUT2D eigenvalue weighted by atomic mass is 10.2. The Balaban J connectivity index is 2.05. The molecule has 1 aromatic carbocycles. The summed E-state index contributed by atoms with van der Waals surface area (Å²) in [5, 5.41) is 3.00. The maximum absolute atomic E-state index is 12.0. The van der Waals surface area contributed by atoms with Crippen LogP contribution in [0.5, 0.6) is 5.75 Å². The summed E-state index contributed by atoms with van der Waals surface area (Å²) in [5.41, 5.74) is 5.90. The number of benzene rings is 1. The molecular formula is C14H12ClN3O3. The van der Waals surface area contributed by atoms with Crippen LogP contribution in [0, 0.1) is 0 Å². The summed E-state index contributed by atoms with van der Waals surface area (Å²) < 4.78 is 5.16. The van der Waals surface area contributed by atoms with Gasteiger partial charge in [0, 0.05) is 18.0 Å². The highest BCUT2D eigenvalue weighted by molar-refractivity contribution is 6.29. The molecule has 2 aromatic rings. The van der Waals surface area contributed by atoms with Crippen LogP contribution in [0.3, 0.4) is 0 Å². The summed E-state index contributed by atoms with van der Waals surface area (Å²) in [5.74, 6) is -0.469. The van der Waals surface area contributed by atoms with Crippen LogP contribution in [0.1, 0.15) is 10.4 Å². The molecule has 0 spiro atoms. The lowest BCUT2D eigenvalue weighted by molar-refractivity contribution is -0.119. The van der Waals surface area contributed by atoms with Gasteiger partial charge < -0.3 is 15.8 Å². The van der Waals surface area contributed by atoms with E-state index in [0.29, 0.717) is 22.2 Å². The van der Waals surface area contributed by atoms with Crippen molar-refractivity contribution in [1.82, 2.24) is 4.98 Å². The first-order chi connectivity index (χ1) is 10.0. The van der Waals surface area contributed by atoms with Crippen molar-refractivity contribution in [3.8, 4) is 5.75 Å². The van der Waals surface area contributed by atoms with Crippen molar-refractivity contribution in [3.05, 3.63) is 53.3 Å². The molecule has 3 N–H and O–H groups in total. The molecule has 0 unspecified atom stereocenters. The molecule has 21 heavy (non-hydrogen) atoms. The molecule has 6 nitrogen and oxygen atoms in total. The quantitative estimate of drug-likeness (QED) is 0.824. The van der Waals surface area contributed by atoms with Crippen molar-refractivity contribution in [2.45, 2.75) is 0 Å². The molecule has 0 aliphatic carbocycles. The fourth-order valence-corrected chi connectivity index (χ4v) is 1.64. The Hall–Kier alpha value is -2.60. The van der Waals surface area contributed by atoms with Gasteiger partial charge in [0.2, 0.25) is 0 Å². The molecule has 1 aromatic heterocycles. The Morgan fingerprint density at radius 1 is 1.29 bits per heavy atom. The van der Waals surface area contributed by atoms with E-state index in [4.69, 9.17) is 22.1 Å². The number of carbonyl (C=O) groups excluding carboxylic acids is 2. The normalized spacial score (nSPS) is 9.95. The van der Waals surface area contributed by atoms with Crippen LogP contribution in [0.25, 0.3) is 0 Å². The Bertz CT molecular complexity index is 659. The number of aromatic nitrogens is 1. The molecule has 0 bridgehead atoms. The van der Waals surface area contributed by atoms with Crippen molar-refractivity contribution in [1.29, 1.82) is 0 Å². The summed E-state index contributed by atoms with van der Waals surface area (Å²) in [6, 6.07) is 9.72. The van der Waals surface area contributed by atoms with Gasteiger partial charge in [-0.25, -0.2) is 4.98 Å². The summed E-state index contributed by atoms with van der Waals surface area (Å²) in [6.07, 6.45) is 1.38. The summed E-state index contributed by atoms with van der Waals surface area (Å²) in [6.45, 7) is -0.224. The molecule has 0 saturated carbocycles. The number of nitrogens with two attached hydrogens (primary N) is 1. The topological polar surface area (TPSA) is 94.3 Å². The first-order valence-corrected chi connectivity index (χ1v) is 6.36. The Morgan fingerprint density at radius 3 is 2.76 bits per heavy atom. The van der Waals surface area contributed by atoms with Crippen LogP contribution < -0.4 is 15.8 Å². The second-order valence-electron chi connectivity index (χ2n) is 4.11. The van der Waals surface area contributed by atoms with Gasteiger partial charge in [0.1, 0.15) is 10.9 Å². The summed E-state index contributed by atoms with van der Waals surface area (Å²) in [7, 11) is 0. The van der Waals surface area contributed by atoms with E-state index in [9.17, 15) is 9.59 Å². The average Bonchev–Trinajstić information content (AvgIpc) is 2.46. The number of anilines is 1. The average molecular weight is 306 g/mol. The van der Waals surface area contributed by atoms with Crippen molar-refractivity contribution in [3.63, 3.8) is 0 Å². The Kier molecular flexibility index (Phi) is 4.73. The van der Waals surface area contributed by atoms with Crippen LogP contribution in [-0.2, 0) is 4.79 Å². The molecule has 0 atom stereocenters. The predicted octanol–water partition coefficient (Wildman–Crippen LogP) is 1.85. The highest BCUT2D eigenvalue weighted by atomic mass is 35.5. The number of primary amides is 1. The van der Waals surface area contributed by atoms with E-state index < -0.39 is 5.91 Å². The van der Waals surface area contributed by atoms with Gasteiger partial charge in [-0.05, 0) is 24.3 Å². The number of hydrogen-bond acceptors (Lipinski definition) is 4. The number of amides is 2. The van der Waals surface area contributed by atoms with E-state index in [2.05, 4.69) is 10.3 Å². The molecule has 0 fully saturated rings. The molecule has 0 aliphatic rings. The van der Waals surface area contributed by atoms with Crippen LogP contribution in [-0.4, -0.2) is 23.4 Å². The maximum atomic E-state index is 12.0. The first kappa shape index (κ1) is 14.8. The number of halogens is 1. The Labute approximate surface area is 125 Å². The summed E-state index contributed by atoms with van der Waals surface area (Å²) in [4.78, 5) is 26.5. The molecule has 0 saturated heterocycles. The standard InChI is InChI=1S/C14H12ClN3O3/c15-12-5-4-9(7-17-12)14(20)18-10-2-1-3-11(6-10)21-8-13(16)19/h1-7H,8H2,(H2,16,19)(H,18,20). The van der Waals surface area contributed by atoms with Crippen LogP contribution in [0.2, 0.25) is 5.15 Å². The SMILES string of the molecule is NC(=O)COc1cccc(NC(=O)c2ccc(Cl)nc2)c1. The van der Waals surface area contributed by atoms with Crippen LogP contribution in [0.15, 0.2) is 42.6 Å². The number of nitrogens with zero attached hydrogens (tertiary/aromatic N) is 1. The van der Waals surface area contributed by atoms with Crippen molar-refractivity contribution >= 4 is 29.1 Å². The van der Waals surface area contributed by atoms with Gasteiger partial charge in [-0.3, -0.25) is 9.59 Å². The molecule has 1 heterocycles. The van der Waals surface area contributed by atoms with Crippen molar-refractivity contribution in [2.24, 2.45) is 5.73 Å². The van der Waals surface area contributed by atoms with E-state index in [1.54, 1.807) is 30.3 Å². The van der Waals surface area contributed by atoms with E-state index >= 15 is 0 Å². The zero-order valence-electron chi connectivity index (χ0n) is 10.9. The second kappa shape index (κ2) is 6.71. The molecule has 2 amide bonds. The van der Waals surface area contributed by atoms with E-state index in [1.807, 2.05) is 0 Å². The number of ether oxygens (including phenoxy) is 1. The first-order valence-electron chi connectivity index (χ1n) is 5.98. The van der Waals surface area contributed by atoms with E-state index in [-0.39, 0.29) is 12.5 Å². The van der Waals surface area contributed by atoms with E-state index in [1.165, 1.54) is 12.3 Å². The minimum absolute atomic E-state index is 0.224. The van der Waals surface area contributed by atoms with Gasteiger partial charge in [0.15, 0.2) is 6.61 Å². The number of rotatable bonds is 5. The van der Waals surface area contributed by atoms with E-state index in [0.717, 1.165) is 0 Å². The highest BCUT2D eigenvalue weighted by Crippen LogP contribution is 2.18. The smallest absolute Gasteiger partial charge is 0.257 e. The zero-order valence-corrected chi connectivity index (χ0v) is 11.6. The number of nitrogens with one attached hydrogen (secondary N) is 1. The molecule has 108 valence electrons. The molecule has 2 rings (SSSR count). The van der Waals surface area contributed by atoms with Crippen molar-refractivity contribution in [2.75, 3.05) is 11.9 Å². The van der Waals surface area contributed by atoms with Crippen LogP contribution in [0.4, 0.5) is 5.69 Å². The van der Waals surface area contributed by atoms with Crippen LogP contribution >= 0.6 is 11.6 Å². The minimum atomic E-state index is -0.573. The van der Waals surface area contributed by atoms with Gasteiger partial charge in [0.25, 0.3) is 11.8 Å². The largest absolute Gasteiger partial charge is 0.484 e. The molecular weight excluding hydrogens is 294 g/mol. The second-order valence-corrected chi connectivity index (χ2v) is 4.49.